The predicted molar refractivity (Wildman–Crippen MR) is 473 cm³/mol. The molecule has 0 saturated carbocycles. The molecule has 3 rings (SSSR count). The van der Waals surface area contributed by atoms with Gasteiger partial charge in [-0.25, -0.2) is 14.4 Å². The number of alkyl carbamates (subject to hydrolysis) is 3. The molecule has 0 aromatic heterocycles. The van der Waals surface area contributed by atoms with Gasteiger partial charge >= 0.3 is 18.3 Å². The number of nitrogens with one attached hydrogen (secondary N) is 9. The highest BCUT2D eigenvalue weighted by molar-refractivity contribution is 5.97. The van der Waals surface area contributed by atoms with Crippen LogP contribution in [0.4, 0.5) is 14.4 Å². The number of ether oxygens (including phenoxy) is 8. The lowest BCUT2D eigenvalue weighted by Gasteiger charge is -2.23. The van der Waals surface area contributed by atoms with Crippen molar-refractivity contribution >= 4 is 88.4 Å². The summed E-state index contributed by atoms with van der Waals surface area (Å²) >= 11 is 0. The van der Waals surface area contributed by atoms with Gasteiger partial charge in [-0.2, -0.15) is 0 Å². The molecular weight excluding hydrogens is 1600 g/mol. The smallest absolute Gasteiger partial charge is 0.407 e. The van der Waals surface area contributed by atoms with Crippen molar-refractivity contribution in [3.05, 3.63) is 108 Å². The van der Waals surface area contributed by atoms with Crippen LogP contribution >= 0.6 is 0 Å². The first kappa shape index (κ1) is 116. The Morgan fingerprint density at radius 1 is 0.339 bits per heavy atom. The van der Waals surface area contributed by atoms with E-state index in [0.717, 1.165) is 16.7 Å². The first-order valence-corrected chi connectivity index (χ1v) is 41.6. The van der Waals surface area contributed by atoms with Crippen LogP contribution in [0.15, 0.2) is 91.0 Å². The zero-order valence-electron chi connectivity index (χ0n) is 71.7. The van der Waals surface area contributed by atoms with E-state index >= 15 is 0 Å². The molecule has 33 heteroatoms. The molecule has 0 saturated heterocycles. The first-order valence-electron chi connectivity index (χ1n) is 41.6. The van der Waals surface area contributed by atoms with E-state index < -0.39 is 139 Å². The summed E-state index contributed by atoms with van der Waals surface area (Å²) in [6.45, 7) is 16.5. The number of hydrogen-bond acceptors (Lipinski definition) is 24. The van der Waals surface area contributed by atoms with E-state index in [-0.39, 0.29) is 220 Å². The van der Waals surface area contributed by atoms with Crippen molar-refractivity contribution < 1.29 is 110 Å². The van der Waals surface area contributed by atoms with Gasteiger partial charge in [-0.3, -0.25) is 57.5 Å². The molecule has 700 valence electrons. The van der Waals surface area contributed by atoms with Gasteiger partial charge in [0.25, 0.3) is 0 Å². The second-order valence-electron chi connectivity index (χ2n) is 31.3. The summed E-state index contributed by atoms with van der Waals surface area (Å²) in [6.07, 6.45) is -2.68. The molecule has 9 atom stereocenters. The summed E-state index contributed by atoms with van der Waals surface area (Å²) in [5.74, 6) is -8.24. The maximum atomic E-state index is 14.1. The van der Waals surface area contributed by atoms with Crippen molar-refractivity contribution in [1.29, 1.82) is 0 Å². The topological polar surface area (TPSA) is 464 Å². The summed E-state index contributed by atoms with van der Waals surface area (Å²) in [5.41, 5.74) is 7.94. The van der Waals surface area contributed by atoms with E-state index in [2.05, 4.69) is 47.9 Å². The fourth-order valence-corrected chi connectivity index (χ4v) is 12.4. The van der Waals surface area contributed by atoms with E-state index in [1.165, 1.54) is 0 Å². The van der Waals surface area contributed by atoms with Crippen molar-refractivity contribution in [3.63, 3.8) is 0 Å². The highest BCUT2D eigenvalue weighted by Gasteiger charge is 2.33. The lowest BCUT2D eigenvalue weighted by molar-refractivity contribution is -0.133. The summed E-state index contributed by atoms with van der Waals surface area (Å²) in [4.78, 5) is 199. The van der Waals surface area contributed by atoms with Crippen LogP contribution in [-0.2, 0) is 115 Å². The normalized spacial score (nSPS) is 13.0. The number of carbonyl (C=O) groups excluding carboxylic acids is 15. The average molecular weight is 1750 g/mol. The number of benzene rings is 3. The van der Waals surface area contributed by atoms with Gasteiger partial charge in [-0.1, -0.05) is 162 Å². The fourth-order valence-electron chi connectivity index (χ4n) is 12.4. The molecule has 0 aliphatic heterocycles. The van der Waals surface area contributed by atoms with Crippen LogP contribution in [-0.4, -0.2) is 237 Å². The van der Waals surface area contributed by atoms with Crippen LogP contribution < -0.4 is 53.6 Å². The molecule has 0 aliphatic carbocycles. The number of Topliss-reactive ketones (excluding diaryl/α,β-unsaturated/α-hetero) is 6. The van der Waals surface area contributed by atoms with Crippen molar-refractivity contribution in [3.8, 4) is 0 Å². The highest BCUT2D eigenvalue weighted by Crippen LogP contribution is 2.21. The van der Waals surface area contributed by atoms with Gasteiger partial charge in [-0.15, -0.1) is 0 Å². The Kier molecular flexibility index (Phi) is 64.1. The molecule has 0 fully saturated rings. The predicted octanol–water partition coefficient (Wildman–Crippen LogP) is 8.38. The van der Waals surface area contributed by atoms with Crippen LogP contribution in [0.2, 0.25) is 0 Å². The molecule has 0 bridgehead atoms. The van der Waals surface area contributed by atoms with E-state index in [1.807, 2.05) is 77.9 Å². The maximum Gasteiger partial charge on any atom is 0.407 e. The third kappa shape index (κ3) is 56.0. The molecule has 9 amide bonds. The Balaban J connectivity index is 0. The van der Waals surface area contributed by atoms with Gasteiger partial charge in [0.1, 0.15) is 19.8 Å². The van der Waals surface area contributed by atoms with Crippen LogP contribution in [0.1, 0.15) is 192 Å². The van der Waals surface area contributed by atoms with Gasteiger partial charge in [0.05, 0.1) is 90.6 Å². The van der Waals surface area contributed by atoms with E-state index in [1.54, 1.807) is 82.5 Å². The van der Waals surface area contributed by atoms with Gasteiger partial charge in [0, 0.05) is 114 Å². The largest absolute Gasteiger partial charge is 0.447 e. The molecule has 124 heavy (non-hydrogen) atoms. The van der Waals surface area contributed by atoms with Crippen molar-refractivity contribution in [2.75, 3.05) is 113 Å². The Hall–Kier alpha value is -9.93. The standard InChI is InChI=1S/C87H132N10O23.4CH4/c1-58(2)43-73(76(101)27-30-79(104)89-33-20-34-114-36-35-113-10)95-82(107)67(46-64-21-14-11-15-22-64)49-71(99)53-91-86(111)119-41-38-116-56-62(8)94-81(106)32-29-78(103)75(45-60(5)6)97-84(109)69(48-66-25-18-13-19-26-66)51-72(100)54-92-87(112)120-42-39-117-57-63(9)93-80(105)31-28-77(102)74(44-59(3)4)96-83(108)68(47-65-23-16-12-17-24-65)50-70(98)52-90-85(110)118-40-37-115-55-61(7)88;;;;/h11-19,21-26,58-63,67-69,73-75H,20,27-57,88H2,1-10H3,(H,89,104)(H,90,110)(H,91,111)(H,92,112)(H,93,105)(H,94,106)(H,95,107)(H,96,108)(H,97,109);4*1H4. The van der Waals surface area contributed by atoms with Crippen LogP contribution in [0, 0.1) is 35.5 Å². The number of amides is 9. The number of nitrogens with two attached hydrogens (primary N) is 1. The third-order valence-corrected chi connectivity index (χ3v) is 18.4. The fraction of sp³-hybridized carbons (Fsp3) is 0.637. The molecule has 0 spiro atoms. The second kappa shape index (κ2) is 68.4. The molecular formula is C91H148N10O23. The second-order valence-corrected chi connectivity index (χ2v) is 31.3. The molecule has 11 N–H and O–H groups in total. The molecule has 0 heterocycles. The number of methoxy groups -OCH3 is 1. The maximum absolute atomic E-state index is 14.1. The lowest BCUT2D eigenvalue weighted by atomic mass is 9.91. The van der Waals surface area contributed by atoms with E-state index in [9.17, 15) is 71.9 Å². The zero-order chi connectivity index (χ0) is 88.6. The molecule has 3 aromatic carbocycles. The van der Waals surface area contributed by atoms with Crippen molar-refractivity contribution in [2.45, 2.75) is 231 Å². The monoisotopic (exact) mass is 1750 g/mol. The Morgan fingerprint density at radius 3 is 0.935 bits per heavy atom. The Morgan fingerprint density at radius 2 is 0.637 bits per heavy atom. The zero-order valence-corrected chi connectivity index (χ0v) is 71.7. The summed E-state index contributed by atoms with van der Waals surface area (Å²) in [6, 6.07) is 22.9. The summed E-state index contributed by atoms with van der Waals surface area (Å²) < 4.78 is 42.3. The molecule has 33 nitrogen and oxygen atoms in total. The van der Waals surface area contributed by atoms with Crippen LogP contribution in [0.5, 0.6) is 0 Å². The number of rotatable bonds is 66. The first-order chi connectivity index (χ1) is 57.3. The average Bonchev–Trinajstić information content (AvgIpc) is 0.873. The Labute approximate surface area is 735 Å². The number of hydrogen-bond donors (Lipinski definition) is 10. The molecule has 0 radical (unpaired) electrons. The van der Waals surface area contributed by atoms with Crippen molar-refractivity contribution in [2.24, 2.45) is 41.2 Å². The van der Waals surface area contributed by atoms with E-state index in [4.69, 9.17) is 43.6 Å². The summed E-state index contributed by atoms with van der Waals surface area (Å²) in [7, 11) is 1.58. The minimum atomic E-state index is -1.00. The van der Waals surface area contributed by atoms with Gasteiger partial charge < -0.3 is 91.5 Å². The molecule has 9 unspecified atom stereocenters. The summed E-state index contributed by atoms with van der Waals surface area (Å²) in [5, 5.41) is 24.0. The van der Waals surface area contributed by atoms with Crippen LogP contribution in [0.3, 0.4) is 0 Å². The number of carbonyl (C=O) groups is 15. The molecule has 0 aliphatic rings. The highest BCUT2D eigenvalue weighted by atomic mass is 16.6. The van der Waals surface area contributed by atoms with E-state index in [0.29, 0.717) is 39.2 Å². The minimum absolute atomic E-state index is 0. The quantitative estimate of drug-likeness (QED) is 0.0187. The van der Waals surface area contributed by atoms with Gasteiger partial charge in [-0.05, 0) is 100 Å². The SMILES string of the molecule is C.C.C.C.COCCOCCCNC(=O)CCC(=O)C(CC(C)C)NC(=O)C(CC(=O)CNC(=O)OCCOCC(C)NC(=O)CCC(=O)C(CC(C)C)NC(=O)C(CC(=O)CNC(=O)OCCOCC(C)NC(=O)CCC(=O)C(CC(C)C)NC(=O)C(CC(=O)CNC(=O)OCCOCC(C)N)Cc1ccccc1)Cc1ccccc1)Cc1ccccc1. The number of ketones is 6. The third-order valence-electron chi connectivity index (χ3n) is 18.4. The molecule has 3 aromatic rings. The lowest BCUT2D eigenvalue weighted by Crippen LogP contribution is -2.46. The van der Waals surface area contributed by atoms with Gasteiger partial charge in [0.2, 0.25) is 35.4 Å². The minimum Gasteiger partial charge on any atom is -0.447 e. The Bertz CT molecular complexity index is 3610. The van der Waals surface area contributed by atoms with Crippen LogP contribution in [0.25, 0.3) is 0 Å². The van der Waals surface area contributed by atoms with Gasteiger partial charge in [0.15, 0.2) is 34.7 Å². The van der Waals surface area contributed by atoms with Crippen molar-refractivity contribution in [1.82, 2.24) is 47.9 Å².